The van der Waals surface area contributed by atoms with Crippen LogP contribution in [0, 0.1) is 0 Å². The summed E-state index contributed by atoms with van der Waals surface area (Å²) in [5.74, 6) is 0. The van der Waals surface area contributed by atoms with E-state index in [0.717, 1.165) is 37.8 Å². The van der Waals surface area contributed by atoms with E-state index in [-0.39, 0.29) is 0 Å². The maximum atomic E-state index is 6.24. The minimum absolute atomic E-state index is 0.709. The monoisotopic (exact) mass is 393 g/mol. The van der Waals surface area contributed by atoms with Crippen molar-refractivity contribution in [1.29, 1.82) is 0 Å². The number of pyridine rings is 1. The normalized spacial score (nSPS) is 10.9. The van der Waals surface area contributed by atoms with Gasteiger partial charge in [0.1, 0.15) is 0 Å². The van der Waals surface area contributed by atoms with Crippen LogP contribution in [0.4, 0.5) is 0 Å². The zero-order valence-corrected chi connectivity index (χ0v) is 15.1. The predicted molar refractivity (Wildman–Crippen MR) is 105 cm³/mol. The molecule has 0 saturated carbocycles. The first-order chi connectivity index (χ1) is 11.7. The van der Waals surface area contributed by atoms with Gasteiger partial charge in [0.2, 0.25) is 0 Å². The Balaban J connectivity index is 2.11. The molecule has 0 aliphatic carbocycles. The first-order valence-corrected chi connectivity index (χ1v) is 8.81. The standard InChI is InChI=1S/C21H13BrClN/c22-20-19(14-7-3-1-4-8-14)17-13-16(23)11-12-18(17)24-21(20)15-9-5-2-6-10-15/h1-13H. The van der Waals surface area contributed by atoms with Gasteiger partial charge >= 0.3 is 0 Å². The number of halogens is 2. The van der Waals surface area contributed by atoms with E-state index in [2.05, 4.69) is 40.2 Å². The lowest BCUT2D eigenvalue weighted by atomic mass is 9.98. The van der Waals surface area contributed by atoms with Crippen molar-refractivity contribution in [2.75, 3.05) is 0 Å². The highest BCUT2D eigenvalue weighted by Crippen LogP contribution is 2.40. The van der Waals surface area contributed by atoms with Crippen molar-refractivity contribution in [3.63, 3.8) is 0 Å². The van der Waals surface area contributed by atoms with Crippen molar-refractivity contribution in [3.8, 4) is 22.4 Å². The summed E-state index contributed by atoms with van der Waals surface area (Å²) >= 11 is 10.0. The van der Waals surface area contributed by atoms with E-state index in [9.17, 15) is 0 Å². The summed E-state index contributed by atoms with van der Waals surface area (Å²) in [6, 6.07) is 26.4. The van der Waals surface area contributed by atoms with Crippen LogP contribution in [0.5, 0.6) is 0 Å². The molecule has 0 aliphatic heterocycles. The molecule has 1 nitrogen and oxygen atoms in total. The fourth-order valence-electron chi connectivity index (χ4n) is 2.89. The molecule has 0 saturated heterocycles. The number of aromatic nitrogens is 1. The molecule has 4 rings (SSSR count). The van der Waals surface area contributed by atoms with Crippen LogP contribution >= 0.6 is 27.5 Å². The van der Waals surface area contributed by atoms with Crippen molar-refractivity contribution < 1.29 is 0 Å². The molecule has 24 heavy (non-hydrogen) atoms. The molecule has 4 aromatic rings. The van der Waals surface area contributed by atoms with E-state index in [4.69, 9.17) is 16.6 Å². The van der Waals surface area contributed by atoms with E-state index < -0.39 is 0 Å². The fourth-order valence-corrected chi connectivity index (χ4v) is 3.82. The van der Waals surface area contributed by atoms with Crippen molar-refractivity contribution in [2.45, 2.75) is 0 Å². The van der Waals surface area contributed by atoms with Gasteiger partial charge in [-0.05, 0) is 39.7 Å². The molecule has 0 fully saturated rings. The molecule has 0 unspecified atom stereocenters. The van der Waals surface area contributed by atoms with Crippen LogP contribution in [0.25, 0.3) is 33.3 Å². The lowest BCUT2D eigenvalue weighted by Crippen LogP contribution is -1.93. The molecule has 0 radical (unpaired) electrons. The molecule has 1 heterocycles. The van der Waals surface area contributed by atoms with Gasteiger partial charge in [-0.3, -0.25) is 0 Å². The van der Waals surface area contributed by atoms with Gasteiger partial charge in [0.15, 0.2) is 0 Å². The SMILES string of the molecule is Clc1ccc2nc(-c3ccccc3)c(Br)c(-c3ccccc3)c2c1. The van der Waals surface area contributed by atoms with Crippen molar-refractivity contribution in [2.24, 2.45) is 0 Å². The Morgan fingerprint density at radius 3 is 2.04 bits per heavy atom. The Hall–Kier alpha value is -2.16. The minimum Gasteiger partial charge on any atom is -0.247 e. The Kier molecular flexibility index (Phi) is 4.09. The first-order valence-electron chi connectivity index (χ1n) is 7.63. The predicted octanol–water partition coefficient (Wildman–Crippen LogP) is 6.98. The lowest BCUT2D eigenvalue weighted by molar-refractivity contribution is 1.38. The Labute approximate surface area is 154 Å². The molecule has 0 bridgehead atoms. The number of fused-ring (bicyclic) bond motifs is 1. The molecule has 0 spiro atoms. The molecule has 0 aliphatic rings. The summed E-state index contributed by atoms with van der Waals surface area (Å²) in [7, 11) is 0. The highest BCUT2D eigenvalue weighted by atomic mass is 79.9. The first kappa shape index (κ1) is 15.4. The zero-order chi connectivity index (χ0) is 16.5. The van der Waals surface area contributed by atoms with E-state index in [1.807, 2.05) is 54.6 Å². The van der Waals surface area contributed by atoms with Gasteiger partial charge in [-0.15, -0.1) is 0 Å². The summed E-state index contributed by atoms with van der Waals surface area (Å²) in [6.07, 6.45) is 0. The molecule has 0 atom stereocenters. The summed E-state index contributed by atoms with van der Waals surface area (Å²) in [6.45, 7) is 0. The summed E-state index contributed by atoms with van der Waals surface area (Å²) in [5, 5.41) is 1.75. The fraction of sp³-hybridized carbons (Fsp3) is 0. The lowest BCUT2D eigenvalue weighted by Gasteiger charge is -2.14. The van der Waals surface area contributed by atoms with E-state index in [0.29, 0.717) is 5.02 Å². The third-order valence-electron chi connectivity index (χ3n) is 4.00. The van der Waals surface area contributed by atoms with Gasteiger partial charge in [0, 0.05) is 21.5 Å². The number of hydrogen-bond donors (Lipinski definition) is 0. The third-order valence-corrected chi connectivity index (χ3v) is 5.00. The molecule has 3 aromatic carbocycles. The van der Waals surface area contributed by atoms with E-state index in [1.54, 1.807) is 0 Å². The molecule has 1 aromatic heterocycles. The Morgan fingerprint density at radius 2 is 1.38 bits per heavy atom. The number of rotatable bonds is 2. The zero-order valence-electron chi connectivity index (χ0n) is 12.7. The van der Waals surface area contributed by atoms with Gasteiger partial charge < -0.3 is 0 Å². The maximum Gasteiger partial charge on any atom is 0.0857 e. The van der Waals surface area contributed by atoms with Crippen LogP contribution in [0.15, 0.2) is 83.3 Å². The minimum atomic E-state index is 0.709. The highest BCUT2D eigenvalue weighted by Gasteiger charge is 2.16. The second-order valence-corrected chi connectivity index (χ2v) is 6.77. The molecular weight excluding hydrogens is 382 g/mol. The highest BCUT2D eigenvalue weighted by molar-refractivity contribution is 9.10. The van der Waals surface area contributed by atoms with Gasteiger partial charge in [0.25, 0.3) is 0 Å². The van der Waals surface area contributed by atoms with E-state index in [1.165, 1.54) is 0 Å². The number of benzene rings is 3. The van der Waals surface area contributed by atoms with Crippen molar-refractivity contribution in [1.82, 2.24) is 4.98 Å². The Morgan fingerprint density at radius 1 is 0.750 bits per heavy atom. The van der Waals surface area contributed by atoms with Crippen LogP contribution in [0.3, 0.4) is 0 Å². The average Bonchev–Trinajstić information content (AvgIpc) is 2.63. The summed E-state index contributed by atoms with van der Waals surface area (Å²) < 4.78 is 0.981. The quantitative estimate of drug-likeness (QED) is 0.357. The molecule has 0 N–H and O–H groups in total. The molecule has 116 valence electrons. The van der Waals surface area contributed by atoms with Crippen molar-refractivity contribution in [3.05, 3.63) is 88.4 Å². The van der Waals surface area contributed by atoms with Gasteiger partial charge in [-0.1, -0.05) is 72.3 Å². The molecular formula is C21H13BrClN. The van der Waals surface area contributed by atoms with Gasteiger partial charge in [0.05, 0.1) is 15.7 Å². The average molecular weight is 395 g/mol. The molecule has 3 heteroatoms. The second-order valence-electron chi connectivity index (χ2n) is 5.54. The largest absolute Gasteiger partial charge is 0.247 e. The summed E-state index contributed by atoms with van der Waals surface area (Å²) in [4.78, 5) is 4.87. The number of nitrogens with zero attached hydrogens (tertiary/aromatic N) is 1. The smallest absolute Gasteiger partial charge is 0.0857 e. The van der Waals surface area contributed by atoms with Gasteiger partial charge in [-0.25, -0.2) is 4.98 Å². The second kappa shape index (κ2) is 6.39. The van der Waals surface area contributed by atoms with Gasteiger partial charge in [-0.2, -0.15) is 0 Å². The van der Waals surface area contributed by atoms with Crippen LogP contribution in [-0.2, 0) is 0 Å². The molecule has 0 amide bonds. The number of hydrogen-bond acceptors (Lipinski definition) is 1. The van der Waals surface area contributed by atoms with Crippen LogP contribution in [-0.4, -0.2) is 4.98 Å². The van der Waals surface area contributed by atoms with Crippen LogP contribution in [0.1, 0.15) is 0 Å². The Bertz CT molecular complexity index is 1010. The summed E-state index contributed by atoms with van der Waals surface area (Å²) in [5.41, 5.74) is 5.20. The topological polar surface area (TPSA) is 12.9 Å². The maximum absolute atomic E-state index is 6.24. The van der Waals surface area contributed by atoms with Crippen LogP contribution in [0.2, 0.25) is 5.02 Å². The van der Waals surface area contributed by atoms with E-state index >= 15 is 0 Å². The van der Waals surface area contributed by atoms with Crippen LogP contribution < -0.4 is 0 Å². The van der Waals surface area contributed by atoms with Crippen molar-refractivity contribution >= 4 is 38.4 Å². The third kappa shape index (κ3) is 2.72.